The number of nitrogen functional groups attached to an aromatic ring is 1. The Hall–Kier alpha value is -1.71. The van der Waals surface area contributed by atoms with Gasteiger partial charge < -0.3 is 10.2 Å². The molecular formula is C8H9N3O. The van der Waals surface area contributed by atoms with Crippen molar-refractivity contribution in [3.05, 3.63) is 24.1 Å². The number of nitrogens with one attached hydrogen (secondary N) is 1. The zero-order valence-corrected chi connectivity index (χ0v) is 6.66. The van der Waals surface area contributed by atoms with E-state index in [4.69, 9.17) is 10.2 Å². The van der Waals surface area contributed by atoms with Gasteiger partial charge in [0.2, 0.25) is 0 Å². The van der Waals surface area contributed by atoms with Crippen LogP contribution in [0.1, 0.15) is 5.76 Å². The highest BCUT2D eigenvalue weighted by atomic mass is 16.3. The van der Waals surface area contributed by atoms with Crippen molar-refractivity contribution in [2.24, 2.45) is 0 Å². The van der Waals surface area contributed by atoms with Gasteiger partial charge >= 0.3 is 0 Å². The van der Waals surface area contributed by atoms with E-state index in [1.807, 2.05) is 19.1 Å². The highest BCUT2D eigenvalue weighted by Gasteiger charge is 2.07. The van der Waals surface area contributed by atoms with Crippen LogP contribution in [0.2, 0.25) is 0 Å². The summed E-state index contributed by atoms with van der Waals surface area (Å²) in [5.41, 5.74) is 6.41. The molecule has 0 aromatic carbocycles. The minimum absolute atomic E-state index is 0.532. The molecule has 0 radical (unpaired) electrons. The number of aryl methyl sites for hydroxylation is 1. The van der Waals surface area contributed by atoms with Crippen LogP contribution in [-0.2, 0) is 0 Å². The van der Waals surface area contributed by atoms with Gasteiger partial charge in [-0.3, -0.25) is 5.10 Å². The van der Waals surface area contributed by atoms with E-state index in [2.05, 4.69) is 10.2 Å². The molecule has 0 atom stereocenters. The Kier molecular flexibility index (Phi) is 1.40. The van der Waals surface area contributed by atoms with Crippen molar-refractivity contribution in [2.45, 2.75) is 6.92 Å². The topological polar surface area (TPSA) is 67.8 Å². The number of hydrogen-bond donors (Lipinski definition) is 2. The first-order valence-corrected chi connectivity index (χ1v) is 3.63. The molecule has 0 amide bonds. The van der Waals surface area contributed by atoms with Gasteiger partial charge in [0.15, 0.2) is 0 Å². The Bertz CT molecular complexity index is 388. The van der Waals surface area contributed by atoms with Crippen molar-refractivity contribution in [1.29, 1.82) is 0 Å². The molecule has 3 N–H and O–H groups in total. The lowest BCUT2D eigenvalue weighted by atomic mass is 10.2. The largest absolute Gasteiger partial charge is 0.461 e. The second kappa shape index (κ2) is 2.41. The lowest BCUT2D eigenvalue weighted by Gasteiger charge is -1.91. The maximum Gasteiger partial charge on any atom is 0.139 e. The van der Waals surface area contributed by atoms with E-state index >= 15 is 0 Å². The molecule has 2 aromatic rings. The molecule has 2 rings (SSSR count). The van der Waals surface area contributed by atoms with E-state index in [1.54, 1.807) is 6.20 Å². The summed E-state index contributed by atoms with van der Waals surface area (Å²) < 4.78 is 5.37. The molecule has 0 bridgehead atoms. The Balaban J connectivity index is 2.50. The van der Waals surface area contributed by atoms with Crippen LogP contribution >= 0.6 is 0 Å². The fraction of sp³-hybridized carbons (Fsp3) is 0.125. The summed E-state index contributed by atoms with van der Waals surface area (Å²) in [4.78, 5) is 0. The van der Waals surface area contributed by atoms with E-state index in [-0.39, 0.29) is 0 Å². The van der Waals surface area contributed by atoms with Gasteiger partial charge in [-0.1, -0.05) is 0 Å². The summed E-state index contributed by atoms with van der Waals surface area (Å²) >= 11 is 0. The van der Waals surface area contributed by atoms with E-state index in [0.29, 0.717) is 5.82 Å². The molecule has 0 saturated heterocycles. The molecule has 4 nitrogen and oxygen atoms in total. The van der Waals surface area contributed by atoms with E-state index in [9.17, 15) is 0 Å². The third kappa shape index (κ3) is 0.972. The summed E-state index contributed by atoms with van der Waals surface area (Å²) in [6.45, 7) is 1.89. The van der Waals surface area contributed by atoms with E-state index < -0.39 is 0 Å². The molecule has 0 aliphatic carbocycles. The smallest absolute Gasteiger partial charge is 0.139 e. The summed E-state index contributed by atoms with van der Waals surface area (Å²) in [5, 5.41) is 6.44. The average molecular weight is 163 g/mol. The molecule has 12 heavy (non-hydrogen) atoms. The van der Waals surface area contributed by atoms with Crippen molar-refractivity contribution in [1.82, 2.24) is 10.2 Å². The predicted molar refractivity (Wildman–Crippen MR) is 45.4 cm³/mol. The van der Waals surface area contributed by atoms with Crippen molar-refractivity contribution in [3.63, 3.8) is 0 Å². The summed E-state index contributed by atoms with van der Waals surface area (Å²) in [6.07, 6.45) is 1.65. The van der Waals surface area contributed by atoms with Crippen LogP contribution in [0, 0.1) is 6.92 Å². The van der Waals surface area contributed by atoms with Crippen molar-refractivity contribution >= 4 is 5.82 Å². The van der Waals surface area contributed by atoms with E-state index in [0.717, 1.165) is 17.1 Å². The van der Waals surface area contributed by atoms with Crippen LogP contribution < -0.4 is 5.73 Å². The molecule has 0 aliphatic heterocycles. The number of nitrogens with zero attached hydrogens (tertiary/aromatic N) is 1. The van der Waals surface area contributed by atoms with Crippen LogP contribution in [0.25, 0.3) is 11.3 Å². The summed E-state index contributed by atoms with van der Waals surface area (Å²) in [5.74, 6) is 2.15. The third-order valence-electron chi connectivity index (χ3n) is 1.67. The molecule has 0 unspecified atom stereocenters. The van der Waals surface area contributed by atoms with Gasteiger partial charge in [0.1, 0.15) is 17.3 Å². The lowest BCUT2D eigenvalue weighted by molar-refractivity contribution is 0.548. The van der Waals surface area contributed by atoms with Gasteiger partial charge in [0.05, 0.1) is 11.8 Å². The quantitative estimate of drug-likeness (QED) is 0.670. The van der Waals surface area contributed by atoms with Gasteiger partial charge in [-0.2, -0.15) is 5.10 Å². The molecule has 0 saturated carbocycles. The minimum atomic E-state index is 0.532. The van der Waals surface area contributed by atoms with Crippen molar-refractivity contribution < 1.29 is 4.42 Å². The van der Waals surface area contributed by atoms with Gasteiger partial charge in [-0.15, -0.1) is 0 Å². The molecule has 0 spiro atoms. The van der Waals surface area contributed by atoms with Crippen LogP contribution in [0.3, 0.4) is 0 Å². The fourth-order valence-electron chi connectivity index (χ4n) is 1.07. The van der Waals surface area contributed by atoms with Crippen molar-refractivity contribution in [2.75, 3.05) is 5.73 Å². The number of aromatic nitrogens is 2. The maximum atomic E-state index is 5.60. The van der Waals surface area contributed by atoms with Crippen LogP contribution in [0.4, 0.5) is 5.82 Å². The number of H-pyrrole nitrogens is 1. The molecule has 4 heteroatoms. The normalized spacial score (nSPS) is 10.4. The van der Waals surface area contributed by atoms with Crippen LogP contribution in [0.5, 0.6) is 0 Å². The Morgan fingerprint density at radius 2 is 2.33 bits per heavy atom. The first-order chi connectivity index (χ1) is 5.77. The number of anilines is 1. The Labute approximate surface area is 69.4 Å². The predicted octanol–water partition coefficient (Wildman–Crippen LogP) is 1.56. The number of hydrogen-bond acceptors (Lipinski definition) is 3. The Morgan fingerprint density at radius 3 is 2.83 bits per heavy atom. The van der Waals surface area contributed by atoms with E-state index in [1.165, 1.54) is 0 Å². The van der Waals surface area contributed by atoms with Crippen LogP contribution in [0.15, 0.2) is 22.7 Å². The molecule has 0 fully saturated rings. The molecule has 2 aromatic heterocycles. The first-order valence-electron chi connectivity index (χ1n) is 3.63. The fourth-order valence-corrected chi connectivity index (χ4v) is 1.07. The molecule has 2 heterocycles. The standard InChI is InChI=1S/C8H9N3O/c1-5-2-3-7(12-5)6-4-10-11-8(6)9/h2-4H,1H3,(H3,9,10,11). The number of nitrogens with two attached hydrogens (primary N) is 1. The minimum Gasteiger partial charge on any atom is -0.461 e. The zero-order chi connectivity index (χ0) is 8.55. The van der Waals surface area contributed by atoms with Gasteiger partial charge in [0, 0.05) is 0 Å². The van der Waals surface area contributed by atoms with Gasteiger partial charge in [-0.05, 0) is 19.1 Å². The molecule has 62 valence electrons. The molecular weight excluding hydrogens is 154 g/mol. The maximum absolute atomic E-state index is 5.60. The highest BCUT2D eigenvalue weighted by Crippen LogP contribution is 2.24. The molecule has 0 aliphatic rings. The van der Waals surface area contributed by atoms with Crippen LogP contribution in [-0.4, -0.2) is 10.2 Å². The monoisotopic (exact) mass is 163 g/mol. The van der Waals surface area contributed by atoms with Crippen molar-refractivity contribution in [3.8, 4) is 11.3 Å². The number of furan rings is 1. The Morgan fingerprint density at radius 1 is 1.50 bits per heavy atom. The SMILES string of the molecule is Cc1ccc(-c2cn[nH]c2N)o1. The lowest BCUT2D eigenvalue weighted by Crippen LogP contribution is -1.86. The second-order valence-electron chi connectivity index (χ2n) is 2.61. The second-order valence-corrected chi connectivity index (χ2v) is 2.61. The number of aromatic amines is 1. The first kappa shape index (κ1) is 6.97. The zero-order valence-electron chi connectivity index (χ0n) is 6.66. The van der Waals surface area contributed by atoms with Gasteiger partial charge in [-0.25, -0.2) is 0 Å². The summed E-state index contributed by atoms with van der Waals surface area (Å²) in [7, 11) is 0. The summed E-state index contributed by atoms with van der Waals surface area (Å²) in [6, 6.07) is 3.76. The highest BCUT2D eigenvalue weighted by molar-refractivity contribution is 5.68. The average Bonchev–Trinajstić information content (AvgIpc) is 2.58. The number of rotatable bonds is 1. The van der Waals surface area contributed by atoms with Gasteiger partial charge in [0.25, 0.3) is 0 Å². The third-order valence-corrected chi connectivity index (χ3v) is 1.67.